The third-order valence-corrected chi connectivity index (χ3v) is 13.9. The zero-order chi connectivity index (χ0) is 34.4. The quantitative estimate of drug-likeness (QED) is 0.166. The molecule has 0 saturated heterocycles. The van der Waals surface area contributed by atoms with Gasteiger partial charge in [-0.25, -0.2) is 0 Å². The molecule has 2 aliphatic heterocycles. The summed E-state index contributed by atoms with van der Waals surface area (Å²) in [6.45, 7) is 0.137. The van der Waals surface area contributed by atoms with Crippen molar-refractivity contribution in [2.45, 2.75) is 0 Å². The van der Waals surface area contributed by atoms with Crippen LogP contribution in [0.3, 0.4) is 0 Å². The molecular formula is C48H26BNOS2. The Morgan fingerprint density at radius 1 is 0.434 bits per heavy atom. The van der Waals surface area contributed by atoms with Gasteiger partial charge in [-0.15, -0.1) is 22.7 Å². The maximum absolute atomic E-state index is 6.41. The van der Waals surface area contributed by atoms with Crippen LogP contribution in [0.4, 0.5) is 17.1 Å². The summed E-state index contributed by atoms with van der Waals surface area (Å²) in [7, 11) is 0. The van der Waals surface area contributed by atoms with Crippen LogP contribution in [0.2, 0.25) is 0 Å². The van der Waals surface area contributed by atoms with Gasteiger partial charge in [0.25, 0.3) is 0 Å². The first-order valence-corrected chi connectivity index (χ1v) is 19.7. The molecule has 2 nitrogen and oxygen atoms in total. The number of nitrogens with zero attached hydrogens (tertiary/aromatic N) is 1. The summed E-state index contributed by atoms with van der Waals surface area (Å²) in [5, 5.41) is 7.63. The maximum atomic E-state index is 6.41. The first-order chi connectivity index (χ1) is 26.3. The molecule has 2 aliphatic rings. The molecule has 53 heavy (non-hydrogen) atoms. The summed E-state index contributed by atoms with van der Waals surface area (Å²) in [6.07, 6.45) is 0. The van der Waals surface area contributed by atoms with Gasteiger partial charge in [0.05, 0.1) is 0 Å². The first kappa shape index (κ1) is 28.5. The zero-order valence-electron chi connectivity index (χ0n) is 28.3. The number of furan rings is 1. The third kappa shape index (κ3) is 3.78. The van der Waals surface area contributed by atoms with Crippen LogP contribution in [-0.2, 0) is 0 Å². The number of hydrogen-bond acceptors (Lipinski definition) is 4. The topological polar surface area (TPSA) is 16.4 Å². The molecule has 0 bridgehead atoms. The number of rotatable bonds is 2. The van der Waals surface area contributed by atoms with E-state index in [1.165, 1.54) is 101 Å². The molecule has 5 heterocycles. The molecule has 11 aromatic rings. The van der Waals surface area contributed by atoms with Gasteiger partial charge in [-0.3, -0.25) is 0 Å². The minimum absolute atomic E-state index is 0.137. The van der Waals surface area contributed by atoms with E-state index in [1.54, 1.807) is 0 Å². The largest absolute Gasteiger partial charge is 0.456 e. The molecule has 244 valence electrons. The monoisotopic (exact) mass is 707 g/mol. The highest BCUT2D eigenvalue weighted by molar-refractivity contribution is 7.26. The second-order valence-electron chi connectivity index (χ2n) is 14.4. The molecule has 0 amide bonds. The number of benzene rings is 8. The SMILES string of the molecule is c1ccc2c(c1)B1c3cc4c(cc3N(c3ccc5c(c3)sc3ccccc35)c3cc(-c5cccc6oc7ccccc7c56)cc-2c31)sc1ccccc14. The fourth-order valence-electron chi connectivity index (χ4n) is 9.46. The normalized spacial score (nSPS) is 13.2. The molecule has 0 fully saturated rings. The van der Waals surface area contributed by atoms with Crippen molar-refractivity contribution in [2.24, 2.45) is 0 Å². The van der Waals surface area contributed by atoms with E-state index < -0.39 is 0 Å². The van der Waals surface area contributed by atoms with Crippen molar-refractivity contribution in [3.63, 3.8) is 0 Å². The Hall–Kier alpha value is -6.14. The summed E-state index contributed by atoms with van der Waals surface area (Å²) in [5.41, 5.74) is 14.7. The lowest BCUT2D eigenvalue weighted by Crippen LogP contribution is -2.54. The molecule has 13 rings (SSSR count). The van der Waals surface area contributed by atoms with Gasteiger partial charge in [0.15, 0.2) is 0 Å². The van der Waals surface area contributed by atoms with Crippen molar-refractivity contribution in [3.05, 3.63) is 158 Å². The van der Waals surface area contributed by atoms with Crippen LogP contribution in [0.25, 0.3) is 84.5 Å². The predicted octanol–water partition coefficient (Wildman–Crippen LogP) is 12.3. The molecule has 0 spiro atoms. The van der Waals surface area contributed by atoms with Gasteiger partial charge in [0, 0.05) is 62.8 Å². The standard InChI is InChI=1S/C48H26BNOS2/c1-5-15-37-30(10-1)36-22-27(29-14-9-17-42-47(29)34-13-2-6-16-41(34)51-42)23-40-48(36)49(37)38-25-35-32-12-4-8-19-44(32)53-46(35)26-39(38)50(40)28-20-21-33-31-11-3-7-18-43(31)52-45(33)24-28/h1-26H. The lowest BCUT2D eigenvalue weighted by molar-refractivity contribution is 0.669. The number of hydrogen-bond donors (Lipinski definition) is 0. The average molecular weight is 708 g/mol. The first-order valence-electron chi connectivity index (χ1n) is 18.1. The van der Waals surface area contributed by atoms with Crippen LogP contribution in [0.15, 0.2) is 162 Å². The van der Waals surface area contributed by atoms with Crippen molar-refractivity contribution < 1.29 is 4.42 Å². The fraction of sp³-hybridized carbons (Fsp3) is 0. The molecule has 0 unspecified atom stereocenters. The second kappa shape index (κ2) is 10.3. The molecule has 0 radical (unpaired) electrons. The van der Waals surface area contributed by atoms with E-state index in [9.17, 15) is 0 Å². The highest BCUT2D eigenvalue weighted by atomic mass is 32.1. The van der Waals surface area contributed by atoms with Crippen LogP contribution in [0.5, 0.6) is 0 Å². The van der Waals surface area contributed by atoms with Crippen LogP contribution in [0, 0.1) is 0 Å². The van der Waals surface area contributed by atoms with Gasteiger partial charge in [0.1, 0.15) is 11.2 Å². The average Bonchev–Trinajstić information content (AvgIpc) is 3.96. The Morgan fingerprint density at radius 3 is 1.98 bits per heavy atom. The van der Waals surface area contributed by atoms with Gasteiger partial charge in [-0.1, -0.05) is 109 Å². The summed E-state index contributed by atoms with van der Waals surface area (Å²) in [4.78, 5) is 2.57. The number of anilines is 3. The summed E-state index contributed by atoms with van der Waals surface area (Å²) >= 11 is 3.78. The Bertz CT molecular complexity index is 3390. The van der Waals surface area contributed by atoms with E-state index >= 15 is 0 Å². The molecule has 5 heteroatoms. The molecule has 8 aromatic carbocycles. The molecule has 3 aromatic heterocycles. The minimum atomic E-state index is 0.137. The van der Waals surface area contributed by atoms with Gasteiger partial charge in [0.2, 0.25) is 6.71 Å². The van der Waals surface area contributed by atoms with Crippen molar-refractivity contribution in [1.29, 1.82) is 0 Å². The molecule has 0 aliphatic carbocycles. The van der Waals surface area contributed by atoms with Gasteiger partial charge >= 0.3 is 0 Å². The van der Waals surface area contributed by atoms with E-state index in [2.05, 4.69) is 163 Å². The van der Waals surface area contributed by atoms with Crippen molar-refractivity contribution in [1.82, 2.24) is 0 Å². The van der Waals surface area contributed by atoms with Crippen LogP contribution in [0.1, 0.15) is 0 Å². The molecule has 0 atom stereocenters. The summed E-state index contributed by atoms with van der Waals surface area (Å²) < 4.78 is 11.7. The van der Waals surface area contributed by atoms with Gasteiger partial charge in [-0.2, -0.15) is 0 Å². The van der Waals surface area contributed by atoms with Crippen LogP contribution < -0.4 is 21.3 Å². The fourth-order valence-corrected chi connectivity index (χ4v) is 11.7. The Kier molecular flexibility index (Phi) is 5.51. The van der Waals surface area contributed by atoms with E-state index in [4.69, 9.17) is 4.42 Å². The lowest BCUT2D eigenvalue weighted by atomic mass is 9.37. The van der Waals surface area contributed by atoms with E-state index in [0.29, 0.717) is 0 Å². The maximum Gasteiger partial charge on any atom is 0.248 e. The van der Waals surface area contributed by atoms with Crippen molar-refractivity contribution >= 4 is 125 Å². The van der Waals surface area contributed by atoms with Crippen molar-refractivity contribution in [2.75, 3.05) is 4.90 Å². The number of para-hydroxylation sites is 1. The zero-order valence-corrected chi connectivity index (χ0v) is 29.9. The smallest absolute Gasteiger partial charge is 0.248 e. The van der Waals surface area contributed by atoms with Crippen molar-refractivity contribution in [3.8, 4) is 22.3 Å². The van der Waals surface area contributed by atoms with Crippen LogP contribution in [-0.4, -0.2) is 6.71 Å². The Balaban J connectivity index is 1.16. The van der Waals surface area contributed by atoms with E-state index in [1.807, 2.05) is 22.7 Å². The van der Waals surface area contributed by atoms with E-state index in [0.717, 1.165) is 16.6 Å². The predicted molar refractivity (Wildman–Crippen MR) is 230 cm³/mol. The number of fused-ring (bicyclic) bond motifs is 14. The third-order valence-electron chi connectivity index (χ3n) is 11.7. The molecular weight excluding hydrogens is 681 g/mol. The van der Waals surface area contributed by atoms with Gasteiger partial charge in [-0.05, 0) is 93.2 Å². The lowest BCUT2D eigenvalue weighted by Gasteiger charge is -2.36. The Labute approximate surface area is 312 Å². The highest BCUT2D eigenvalue weighted by Gasteiger charge is 2.43. The summed E-state index contributed by atoms with van der Waals surface area (Å²) in [5.74, 6) is 0. The van der Waals surface area contributed by atoms with Gasteiger partial charge < -0.3 is 9.32 Å². The second-order valence-corrected chi connectivity index (χ2v) is 16.5. The summed E-state index contributed by atoms with van der Waals surface area (Å²) in [6, 6.07) is 58.7. The van der Waals surface area contributed by atoms with E-state index in [-0.39, 0.29) is 6.71 Å². The number of thiophene rings is 2. The minimum Gasteiger partial charge on any atom is -0.456 e. The molecule has 0 N–H and O–H groups in total. The van der Waals surface area contributed by atoms with Crippen LogP contribution >= 0.6 is 22.7 Å². The highest BCUT2D eigenvalue weighted by Crippen LogP contribution is 2.48. The molecule has 0 saturated carbocycles. The Morgan fingerprint density at radius 2 is 1.11 bits per heavy atom.